The first-order chi connectivity index (χ1) is 10.6. The molecule has 5 heteroatoms. The highest BCUT2D eigenvalue weighted by atomic mass is 79.9. The minimum Gasteiger partial charge on any atom is -0.491 e. The number of halogens is 2. The smallest absolute Gasteiger partial charge is 0.224 e. The van der Waals surface area contributed by atoms with Gasteiger partial charge in [-0.3, -0.25) is 4.79 Å². The molecule has 0 saturated heterocycles. The van der Waals surface area contributed by atoms with Crippen molar-refractivity contribution < 1.29 is 9.53 Å². The Balaban J connectivity index is 1.74. The minimum atomic E-state index is -0.0247. The molecule has 0 aliphatic heterocycles. The maximum Gasteiger partial charge on any atom is 0.224 e. The summed E-state index contributed by atoms with van der Waals surface area (Å²) in [5, 5.41) is 3.54. The number of hydrogen-bond acceptors (Lipinski definition) is 2. The van der Waals surface area contributed by atoms with Gasteiger partial charge in [0.2, 0.25) is 5.91 Å². The topological polar surface area (TPSA) is 38.3 Å². The number of ether oxygens (including phenoxy) is 1. The summed E-state index contributed by atoms with van der Waals surface area (Å²) in [6.07, 6.45) is 0.349. The van der Waals surface area contributed by atoms with Crippen LogP contribution in [-0.4, -0.2) is 19.1 Å². The highest BCUT2D eigenvalue weighted by Crippen LogP contribution is 2.21. The molecule has 1 amide bonds. The van der Waals surface area contributed by atoms with E-state index >= 15 is 0 Å². The number of rotatable bonds is 6. The van der Waals surface area contributed by atoms with Crippen LogP contribution in [0.15, 0.2) is 46.9 Å². The summed E-state index contributed by atoms with van der Waals surface area (Å²) in [7, 11) is 0. The van der Waals surface area contributed by atoms with Crippen LogP contribution in [0.25, 0.3) is 0 Å². The van der Waals surface area contributed by atoms with Crippen molar-refractivity contribution in [2.45, 2.75) is 13.3 Å². The Kier molecular flexibility index (Phi) is 6.28. The van der Waals surface area contributed by atoms with Crippen molar-refractivity contribution in [1.82, 2.24) is 5.32 Å². The molecule has 1 N–H and O–H groups in total. The lowest BCUT2D eigenvalue weighted by molar-refractivity contribution is -0.120. The van der Waals surface area contributed by atoms with E-state index in [0.717, 1.165) is 21.3 Å². The van der Waals surface area contributed by atoms with E-state index in [0.29, 0.717) is 24.6 Å². The van der Waals surface area contributed by atoms with E-state index in [1.807, 2.05) is 43.3 Å². The Hall–Kier alpha value is -1.52. The quantitative estimate of drug-likeness (QED) is 0.762. The molecular formula is C17H17BrClNO2. The van der Waals surface area contributed by atoms with Gasteiger partial charge in [0, 0.05) is 9.50 Å². The summed E-state index contributed by atoms with van der Waals surface area (Å²) in [5.74, 6) is 0.757. The zero-order chi connectivity index (χ0) is 15.9. The van der Waals surface area contributed by atoms with Crippen LogP contribution in [-0.2, 0) is 11.2 Å². The lowest BCUT2D eigenvalue weighted by atomic mass is 10.1. The Morgan fingerprint density at radius 2 is 2.05 bits per heavy atom. The number of carbonyl (C=O) groups is 1. The molecule has 3 nitrogen and oxygen atoms in total. The lowest BCUT2D eigenvalue weighted by Crippen LogP contribution is -2.29. The van der Waals surface area contributed by atoms with Crippen LogP contribution in [0, 0.1) is 6.92 Å². The van der Waals surface area contributed by atoms with Gasteiger partial charge in [0.1, 0.15) is 12.4 Å². The number of carbonyl (C=O) groups excluding carboxylic acids is 1. The molecule has 0 spiro atoms. The average Bonchev–Trinajstić information content (AvgIpc) is 2.48. The van der Waals surface area contributed by atoms with Gasteiger partial charge in [-0.1, -0.05) is 45.7 Å². The molecule has 2 aromatic carbocycles. The van der Waals surface area contributed by atoms with Gasteiger partial charge >= 0.3 is 0 Å². The maximum atomic E-state index is 11.9. The highest BCUT2D eigenvalue weighted by molar-refractivity contribution is 9.10. The molecule has 0 atom stereocenters. The third-order valence-corrected chi connectivity index (χ3v) is 4.14. The van der Waals surface area contributed by atoms with Crippen LogP contribution in [0.3, 0.4) is 0 Å². The molecule has 0 saturated carbocycles. The van der Waals surface area contributed by atoms with E-state index < -0.39 is 0 Å². The predicted octanol–water partition coefficient (Wildman–Crippen LogP) is 4.15. The van der Waals surface area contributed by atoms with Crippen molar-refractivity contribution >= 4 is 33.4 Å². The first kappa shape index (κ1) is 16.8. The molecule has 116 valence electrons. The van der Waals surface area contributed by atoms with Crippen LogP contribution in [0.2, 0.25) is 5.02 Å². The molecule has 0 heterocycles. The average molecular weight is 383 g/mol. The van der Waals surface area contributed by atoms with E-state index in [1.54, 1.807) is 6.07 Å². The van der Waals surface area contributed by atoms with Crippen LogP contribution < -0.4 is 10.1 Å². The predicted molar refractivity (Wildman–Crippen MR) is 92.5 cm³/mol. The van der Waals surface area contributed by atoms with Gasteiger partial charge < -0.3 is 10.1 Å². The van der Waals surface area contributed by atoms with Crippen molar-refractivity contribution in [3.05, 3.63) is 63.1 Å². The fraction of sp³-hybridized carbons (Fsp3) is 0.235. The van der Waals surface area contributed by atoms with E-state index in [2.05, 4.69) is 21.2 Å². The summed E-state index contributed by atoms with van der Waals surface area (Å²) in [6, 6.07) is 13.2. The van der Waals surface area contributed by atoms with Gasteiger partial charge in [-0.2, -0.15) is 0 Å². The second-order valence-corrected chi connectivity index (χ2v) is 6.17. The molecule has 0 aliphatic carbocycles. The molecule has 0 bridgehead atoms. The zero-order valence-corrected chi connectivity index (χ0v) is 14.6. The number of nitrogens with one attached hydrogen (secondary N) is 1. The summed E-state index contributed by atoms with van der Waals surface area (Å²) in [5.41, 5.74) is 1.95. The first-order valence-electron chi connectivity index (χ1n) is 6.95. The largest absolute Gasteiger partial charge is 0.491 e. The summed E-state index contributed by atoms with van der Waals surface area (Å²) >= 11 is 9.33. The standard InChI is InChI=1S/C17H17BrClNO2/c1-12-10-14(19)6-7-16(12)22-9-8-20-17(21)11-13-4-2-3-5-15(13)18/h2-7,10H,8-9,11H2,1H3,(H,20,21). The summed E-state index contributed by atoms with van der Waals surface area (Å²) in [6.45, 7) is 2.82. The molecule has 0 radical (unpaired) electrons. The van der Waals surface area contributed by atoms with Crippen molar-refractivity contribution in [3.8, 4) is 5.75 Å². The number of hydrogen-bond donors (Lipinski definition) is 1. The Labute approximate surface area is 143 Å². The lowest BCUT2D eigenvalue weighted by Gasteiger charge is -2.10. The van der Waals surface area contributed by atoms with E-state index in [9.17, 15) is 4.79 Å². The number of amides is 1. The SMILES string of the molecule is Cc1cc(Cl)ccc1OCCNC(=O)Cc1ccccc1Br. The summed E-state index contributed by atoms with van der Waals surface area (Å²) < 4.78 is 6.58. The fourth-order valence-electron chi connectivity index (χ4n) is 2.00. The van der Waals surface area contributed by atoms with Gasteiger partial charge in [0.15, 0.2) is 0 Å². The summed E-state index contributed by atoms with van der Waals surface area (Å²) in [4.78, 5) is 11.9. The van der Waals surface area contributed by atoms with Gasteiger partial charge in [0.25, 0.3) is 0 Å². The van der Waals surface area contributed by atoms with Gasteiger partial charge in [0.05, 0.1) is 13.0 Å². The fourth-order valence-corrected chi connectivity index (χ4v) is 2.66. The number of benzene rings is 2. The van der Waals surface area contributed by atoms with Crippen LogP contribution in [0.4, 0.5) is 0 Å². The maximum absolute atomic E-state index is 11.9. The monoisotopic (exact) mass is 381 g/mol. The Morgan fingerprint density at radius 1 is 1.27 bits per heavy atom. The minimum absolute atomic E-state index is 0.0247. The van der Waals surface area contributed by atoms with E-state index in [-0.39, 0.29) is 5.91 Å². The Bertz CT molecular complexity index is 661. The van der Waals surface area contributed by atoms with E-state index in [4.69, 9.17) is 16.3 Å². The normalized spacial score (nSPS) is 10.3. The highest BCUT2D eigenvalue weighted by Gasteiger charge is 2.06. The van der Waals surface area contributed by atoms with Crippen LogP contribution >= 0.6 is 27.5 Å². The van der Waals surface area contributed by atoms with Crippen LogP contribution in [0.1, 0.15) is 11.1 Å². The first-order valence-corrected chi connectivity index (χ1v) is 8.12. The van der Waals surface area contributed by atoms with Gasteiger partial charge in [-0.25, -0.2) is 0 Å². The zero-order valence-electron chi connectivity index (χ0n) is 12.2. The molecular weight excluding hydrogens is 366 g/mol. The second-order valence-electron chi connectivity index (χ2n) is 4.88. The molecule has 0 unspecified atom stereocenters. The molecule has 0 aliphatic rings. The molecule has 2 rings (SSSR count). The van der Waals surface area contributed by atoms with Crippen LogP contribution in [0.5, 0.6) is 5.75 Å². The molecule has 0 fully saturated rings. The Morgan fingerprint density at radius 3 is 2.77 bits per heavy atom. The van der Waals surface area contributed by atoms with E-state index in [1.165, 1.54) is 0 Å². The van der Waals surface area contributed by atoms with Crippen molar-refractivity contribution in [3.63, 3.8) is 0 Å². The molecule has 0 aromatic heterocycles. The van der Waals surface area contributed by atoms with Crippen molar-refractivity contribution in [2.24, 2.45) is 0 Å². The van der Waals surface area contributed by atoms with Crippen molar-refractivity contribution in [1.29, 1.82) is 0 Å². The third kappa shape index (κ3) is 5.04. The molecule has 22 heavy (non-hydrogen) atoms. The second kappa shape index (κ2) is 8.20. The number of aryl methyl sites for hydroxylation is 1. The van der Waals surface area contributed by atoms with Crippen molar-refractivity contribution in [2.75, 3.05) is 13.2 Å². The molecule has 2 aromatic rings. The third-order valence-electron chi connectivity index (χ3n) is 3.13. The van der Waals surface area contributed by atoms with Gasteiger partial charge in [-0.15, -0.1) is 0 Å². The van der Waals surface area contributed by atoms with Gasteiger partial charge in [-0.05, 0) is 42.3 Å².